The number of piperidine rings is 2. The zero-order chi connectivity index (χ0) is 22.3. The molecule has 32 heavy (non-hydrogen) atoms. The molecule has 0 radical (unpaired) electrons. The highest BCUT2D eigenvalue weighted by Crippen LogP contribution is 2.60. The summed E-state index contributed by atoms with van der Waals surface area (Å²) < 4.78 is 0. The first-order chi connectivity index (χ1) is 15.4. The molecule has 0 spiro atoms. The molecule has 6 aliphatic rings. The van der Waals surface area contributed by atoms with E-state index in [0.29, 0.717) is 32.0 Å². The fraction of sp³-hybridized carbons (Fsp3) is 0.885. The fourth-order valence-electron chi connectivity index (χ4n) is 7.88. The monoisotopic (exact) mass is 443 g/mol. The van der Waals surface area contributed by atoms with Crippen LogP contribution in [0.1, 0.15) is 77.6 Å². The Bertz CT molecular complexity index is 699. The van der Waals surface area contributed by atoms with E-state index in [-0.39, 0.29) is 23.1 Å². The van der Waals surface area contributed by atoms with Crippen molar-refractivity contribution in [3.8, 4) is 0 Å². The van der Waals surface area contributed by atoms with Crippen LogP contribution in [0.5, 0.6) is 0 Å². The summed E-state index contributed by atoms with van der Waals surface area (Å²) in [5.41, 5.74) is -0.136. The first kappa shape index (κ1) is 22.2. The molecule has 1 N–H and O–H groups in total. The number of amides is 3. The van der Waals surface area contributed by atoms with Crippen LogP contribution < -0.4 is 5.32 Å². The summed E-state index contributed by atoms with van der Waals surface area (Å²) in [6, 6.07) is 0. The zero-order valence-corrected chi connectivity index (χ0v) is 19.8. The van der Waals surface area contributed by atoms with E-state index in [9.17, 15) is 14.4 Å². The molecule has 2 saturated heterocycles. The van der Waals surface area contributed by atoms with Crippen molar-refractivity contribution in [2.75, 3.05) is 32.7 Å². The van der Waals surface area contributed by atoms with Gasteiger partial charge in [0.05, 0.1) is 0 Å². The van der Waals surface area contributed by atoms with Crippen LogP contribution in [0.2, 0.25) is 0 Å². The smallest absolute Gasteiger partial charge is 0.226 e. The molecule has 0 aromatic rings. The molecule has 2 heterocycles. The first-order valence-corrected chi connectivity index (χ1v) is 13.3. The van der Waals surface area contributed by atoms with Gasteiger partial charge in [-0.05, 0) is 87.9 Å². The third-order valence-electron chi connectivity index (χ3n) is 9.44. The molecule has 4 bridgehead atoms. The lowest BCUT2D eigenvalue weighted by molar-refractivity contribution is -0.146. The number of carbonyl (C=O) groups is 3. The Balaban J connectivity index is 1.03. The Hall–Kier alpha value is -1.59. The molecule has 178 valence electrons. The van der Waals surface area contributed by atoms with E-state index in [4.69, 9.17) is 0 Å². The summed E-state index contributed by atoms with van der Waals surface area (Å²) in [7, 11) is 0. The van der Waals surface area contributed by atoms with Gasteiger partial charge in [0.15, 0.2) is 0 Å². The van der Waals surface area contributed by atoms with Gasteiger partial charge in [0, 0.05) is 50.5 Å². The summed E-state index contributed by atoms with van der Waals surface area (Å²) in [5, 5.41) is 3.14. The van der Waals surface area contributed by atoms with Gasteiger partial charge in [0.1, 0.15) is 0 Å². The number of nitrogens with zero attached hydrogens (tertiary/aromatic N) is 2. The molecule has 0 atom stereocenters. The highest BCUT2D eigenvalue weighted by atomic mass is 16.2. The number of rotatable bonds is 5. The Labute approximate surface area is 192 Å². The van der Waals surface area contributed by atoms with E-state index in [0.717, 1.165) is 81.7 Å². The van der Waals surface area contributed by atoms with Crippen molar-refractivity contribution in [1.29, 1.82) is 0 Å². The summed E-state index contributed by atoms with van der Waals surface area (Å²) in [5.74, 6) is 3.69. The highest BCUT2D eigenvalue weighted by Gasteiger charge is 2.54. The molecule has 4 aliphatic carbocycles. The van der Waals surface area contributed by atoms with Crippen LogP contribution in [-0.2, 0) is 14.4 Å². The summed E-state index contributed by atoms with van der Waals surface area (Å²) in [6.45, 7) is 5.83. The maximum Gasteiger partial charge on any atom is 0.226 e. The minimum Gasteiger partial charge on any atom is -0.355 e. The number of nitrogens with one attached hydrogen (secondary N) is 1. The topological polar surface area (TPSA) is 69.7 Å². The molecule has 3 amide bonds. The van der Waals surface area contributed by atoms with Crippen LogP contribution in [-0.4, -0.2) is 60.2 Å². The number of hydrogen-bond donors (Lipinski definition) is 1. The van der Waals surface area contributed by atoms with Crippen molar-refractivity contribution in [3.63, 3.8) is 0 Å². The average molecular weight is 444 g/mol. The molecule has 4 saturated carbocycles. The van der Waals surface area contributed by atoms with Crippen molar-refractivity contribution in [2.24, 2.45) is 35.0 Å². The van der Waals surface area contributed by atoms with Gasteiger partial charge in [-0.1, -0.05) is 6.92 Å². The quantitative estimate of drug-likeness (QED) is 0.709. The minimum atomic E-state index is -0.136. The van der Waals surface area contributed by atoms with Gasteiger partial charge in [-0.2, -0.15) is 0 Å². The molecule has 0 aromatic heterocycles. The number of carbonyl (C=O) groups excluding carboxylic acids is 3. The standard InChI is InChI=1S/C26H41N3O3/c1-18-3-8-29(9-4-18)24(31)22-5-10-28(11-6-22)23(30)2-7-27-25(32)26-15-19-12-20(16-26)14-21(13-19)17-26/h18-22H,2-17H2,1H3,(H,27,32). The second-order valence-electron chi connectivity index (χ2n) is 11.9. The summed E-state index contributed by atoms with van der Waals surface area (Å²) >= 11 is 0. The van der Waals surface area contributed by atoms with Crippen molar-refractivity contribution >= 4 is 17.7 Å². The third-order valence-corrected chi connectivity index (χ3v) is 9.44. The normalized spacial score (nSPS) is 35.2. The predicted octanol–water partition coefficient (Wildman–Crippen LogP) is 3.21. The molecule has 6 heteroatoms. The second kappa shape index (κ2) is 8.98. The minimum absolute atomic E-state index is 0.0724. The lowest BCUT2D eigenvalue weighted by Gasteiger charge is -2.55. The lowest BCUT2D eigenvalue weighted by atomic mass is 9.49. The first-order valence-electron chi connectivity index (χ1n) is 13.3. The van der Waals surface area contributed by atoms with Crippen LogP contribution in [0.3, 0.4) is 0 Å². The maximum atomic E-state index is 13.1. The van der Waals surface area contributed by atoms with Gasteiger partial charge >= 0.3 is 0 Å². The Morgan fingerprint density at radius 2 is 1.34 bits per heavy atom. The molecule has 6 rings (SSSR count). The van der Waals surface area contributed by atoms with E-state index in [2.05, 4.69) is 12.2 Å². The summed E-state index contributed by atoms with van der Waals surface area (Å²) in [6.07, 6.45) is 11.3. The summed E-state index contributed by atoms with van der Waals surface area (Å²) in [4.78, 5) is 42.6. The van der Waals surface area contributed by atoms with Crippen molar-refractivity contribution < 1.29 is 14.4 Å². The second-order valence-corrected chi connectivity index (χ2v) is 11.9. The van der Waals surface area contributed by atoms with Crippen molar-refractivity contribution in [2.45, 2.75) is 77.6 Å². The molecule has 2 aliphatic heterocycles. The van der Waals surface area contributed by atoms with Gasteiger partial charge in [-0.3, -0.25) is 14.4 Å². The van der Waals surface area contributed by atoms with Gasteiger partial charge in [-0.25, -0.2) is 0 Å². The van der Waals surface area contributed by atoms with Gasteiger partial charge in [-0.15, -0.1) is 0 Å². The van der Waals surface area contributed by atoms with Crippen molar-refractivity contribution in [3.05, 3.63) is 0 Å². The predicted molar refractivity (Wildman–Crippen MR) is 123 cm³/mol. The molecule has 0 aromatic carbocycles. The third kappa shape index (κ3) is 4.43. The molecule has 6 nitrogen and oxygen atoms in total. The van der Waals surface area contributed by atoms with Crippen LogP contribution in [0.15, 0.2) is 0 Å². The number of likely N-dealkylation sites (tertiary alicyclic amines) is 2. The van der Waals surface area contributed by atoms with Crippen molar-refractivity contribution in [1.82, 2.24) is 15.1 Å². The SMILES string of the molecule is CC1CCN(C(=O)C2CCN(C(=O)CCNC(=O)C34CC5CC(CC(C5)C3)C4)CC2)CC1. The van der Waals surface area contributed by atoms with Gasteiger partial charge in [0.2, 0.25) is 17.7 Å². The van der Waals surface area contributed by atoms with E-state index < -0.39 is 0 Å². The van der Waals surface area contributed by atoms with Gasteiger partial charge in [0.25, 0.3) is 0 Å². The molecule has 0 unspecified atom stereocenters. The number of hydrogen-bond acceptors (Lipinski definition) is 3. The highest BCUT2D eigenvalue weighted by molar-refractivity contribution is 5.84. The van der Waals surface area contributed by atoms with Crippen LogP contribution in [0, 0.1) is 35.0 Å². The average Bonchev–Trinajstić information content (AvgIpc) is 2.78. The van der Waals surface area contributed by atoms with Crippen LogP contribution >= 0.6 is 0 Å². The molecular formula is C26H41N3O3. The Morgan fingerprint density at radius 3 is 1.91 bits per heavy atom. The maximum absolute atomic E-state index is 13.1. The van der Waals surface area contributed by atoms with Crippen LogP contribution in [0.4, 0.5) is 0 Å². The van der Waals surface area contributed by atoms with E-state index in [1.54, 1.807) is 0 Å². The van der Waals surface area contributed by atoms with Gasteiger partial charge < -0.3 is 15.1 Å². The van der Waals surface area contributed by atoms with Crippen LogP contribution in [0.25, 0.3) is 0 Å². The molecular weight excluding hydrogens is 402 g/mol. The van der Waals surface area contributed by atoms with E-state index in [1.165, 1.54) is 19.3 Å². The molecule has 6 fully saturated rings. The Morgan fingerprint density at radius 1 is 0.812 bits per heavy atom. The fourth-order valence-corrected chi connectivity index (χ4v) is 7.88. The van der Waals surface area contributed by atoms with E-state index >= 15 is 0 Å². The largest absolute Gasteiger partial charge is 0.355 e. The van der Waals surface area contributed by atoms with E-state index in [1.807, 2.05) is 9.80 Å². The Kier molecular flexibility index (Phi) is 6.23. The lowest BCUT2D eigenvalue weighted by Crippen LogP contribution is -2.54. The zero-order valence-electron chi connectivity index (χ0n) is 19.8.